The van der Waals surface area contributed by atoms with Gasteiger partial charge in [-0.3, -0.25) is 0 Å². The second-order valence-corrected chi connectivity index (χ2v) is 5.99. The second-order valence-electron chi connectivity index (χ2n) is 5.08. The molecule has 0 fully saturated rings. The van der Waals surface area contributed by atoms with Crippen LogP contribution in [0.1, 0.15) is 36.8 Å². The molecular formula is C18H17Br. The van der Waals surface area contributed by atoms with Crippen LogP contribution in [-0.2, 0) is 0 Å². The Balaban J connectivity index is 2.16. The van der Waals surface area contributed by atoms with Gasteiger partial charge in [0.25, 0.3) is 0 Å². The predicted octanol–water partition coefficient (Wildman–Crippen LogP) is 6.03. The van der Waals surface area contributed by atoms with Crippen molar-refractivity contribution in [1.82, 2.24) is 0 Å². The molecule has 1 aliphatic rings. The normalized spacial score (nSPS) is 16.6. The average molecular weight is 313 g/mol. The molecule has 1 heteroatoms. The molecule has 0 saturated carbocycles. The lowest BCUT2D eigenvalue weighted by Crippen LogP contribution is -1.97. The number of rotatable bonds is 3. The maximum absolute atomic E-state index is 3.64. The molecule has 2 aromatic rings. The van der Waals surface area contributed by atoms with Gasteiger partial charge < -0.3 is 0 Å². The molecule has 0 heterocycles. The third kappa shape index (κ3) is 2.40. The van der Waals surface area contributed by atoms with Crippen molar-refractivity contribution in [2.24, 2.45) is 0 Å². The van der Waals surface area contributed by atoms with E-state index < -0.39 is 0 Å². The van der Waals surface area contributed by atoms with Gasteiger partial charge in [-0.1, -0.05) is 71.8 Å². The van der Waals surface area contributed by atoms with Gasteiger partial charge in [0.15, 0.2) is 0 Å². The van der Waals surface area contributed by atoms with E-state index in [1.165, 1.54) is 35.1 Å². The van der Waals surface area contributed by atoms with E-state index in [9.17, 15) is 0 Å². The first-order valence-electron chi connectivity index (χ1n) is 6.86. The molecule has 0 nitrogen and oxygen atoms in total. The van der Waals surface area contributed by atoms with Crippen molar-refractivity contribution in [2.75, 3.05) is 0 Å². The Hall–Kier alpha value is -1.34. The zero-order valence-corrected chi connectivity index (χ0v) is 12.7. The largest absolute Gasteiger partial charge is 0.0764 e. The summed E-state index contributed by atoms with van der Waals surface area (Å²) in [6.07, 6.45) is 7.07. The van der Waals surface area contributed by atoms with Crippen LogP contribution >= 0.6 is 15.9 Å². The summed E-state index contributed by atoms with van der Waals surface area (Å²) in [5, 5.41) is 0. The van der Waals surface area contributed by atoms with Crippen LogP contribution in [0, 0.1) is 0 Å². The minimum absolute atomic E-state index is 0.573. The van der Waals surface area contributed by atoms with E-state index in [4.69, 9.17) is 0 Å². The van der Waals surface area contributed by atoms with E-state index in [2.05, 4.69) is 77.5 Å². The van der Waals surface area contributed by atoms with Crippen LogP contribution in [0.15, 0.2) is 53.0 Å². The lowest BCUT2D eigenvalue weighted by Gasteiger charge is -2.16. The Morgan fingerprint density at radius 3 is 2.63 bits per heavy atom. The molecule has 0 N–H and O–H groups in total. The second kappa shape index (κ2) is 5.34. The van der Waals surface area contributed by atoms with Gasteiger partial charge in [0, 0.05) is 10.4 Å². The van der Waals surface area contributed by atoms with Crippen molar-refractivity contribution >= 4 is 22.0 Å². The summed E-state index contributed by atoms with van der Waals surface area (Å²) in [7, 11) is 0. The van der Waals surface area contributed by atoms with Gasteiger partial charge in [-0.2, -0.15) is 0 Å². The van der Waals surface area contributed by atoms with Crippen molar-refractivity contribution < 1.29 is 0 Å². The van der Waals surface area contributed by atoms with E-state index >= 15 is 0 Å². The Labute approximate surface area is 123 Å². The minimum Gasteiger partial charge on any atom is -0.0764 e. The zero-order valence-electron chi connectivity index (χ0n) is 11.1. The zero-order chi connectivity index (χ0) is 13.2. The highest BCUT2D eigenvalue weighted by Gasteiger charge is 2.21. The van der Waals surface area contributed by atoms with Crippen molar-refractivity contribution in [1.29, 1.82) is 0 Å². The van der Waals surface area contributed by atoms with Crippen LogP contribution in [-0.4, -0.2) is 0 Å². The number of fused-ring (bicyclic) bond motifs is 1. The van der Waals surface area contributed by atoms with E-state index in [1.54, 1.807) is 0 Å². The summed E-state index contributed by atoms with van der Waals surface area (Å²) in [4.78, 5) is 0. The minimum atomic E-state index is 0.573. The number of allylic oxidation sites excluding steroid dienone is 1. The number of halogens is 1. The fraction of sp³-hybridized carbons (Fsp3) is 0.222. The average Bonchev–Trinajstić information content (AvgIpc) is 2.82. The number of hydrogen-bond acceptors (Lipinski definition) is 0. The van der Waals surface area contributed by atoms with Crippen molar-refractivity contribution in [3.63, 3.8) is 0 Å². The molecular weight excluding hydrogens is 296 g/mol. The summed E-state index contributed by atoms with van der Waals surface area (Å²) in [6, 6.07) is 15.2. The van der Waals surface area contributed by atoms with Crippen LogP contribution in [0.4, 0.5) is 0 Å². The molecule has 0 spiro atoms. The maximum Gasteiger partial charge on any atom is 0.0187 e. The van der Waals surface area contributed by atoms with Crippen LogP contribution in [0.2, 0.25) is 0 Å². The van der Waals surface area contributed by atoms with Crippen LogP contribution in [0.3, 0.4) is 0 Å². The summed E-state index contributed by atoms with van der Waals surface area (Å²) in [5.74, 6) is 0.573. The van der Waals surface area contributed by atoms with E-state index in [0.717, 1.165) is 4.47 Å². The predicted molar refractivity (Wildman–Crippen MR) is 86.3 cm³/mol. The Kier molecular flexibility index (Phi) is 3.56. The number of benzene rings is 2. The SMILES string of the molecule is CCCC1C=Cc2cc(Br)cc(-c3ccccc3)c21. The van der Waals surface area contributed by atoms with Crippen molar-refractivity contribution in [2.45, 2.75) is 25.7 Å². The fourth-order valence-corrected chi connectivity index (χ4v) is 3.39. The summed E-state index contributed by atoms with van der Waals surface area (Å²) in [6.45, 7) is 2.26. The van der Waals surface area contributed by atoms with Gasteiger partial charge >= 0.3 is 0 Å². The van der Waals surface area contributed by atoms with E-state index in [-0.39, 0.29) is 0 Å². The first-order chi connectivity index (χ1) is 9.29. The topological polar surface area (TPSA) is 0 Å². The monoisotopic (exact) mass is 312 g/mol. The molecule has 0 radical (unpaired) electrons. The van der Waals surface area contributed by atoms with Crippen LogP contribution < -0.4 is 0 Å². The highest BCUT2D eigenvalue weighted by Crippen LogP contribution is 2.41. The van der Waals surface area contributed by atoms with Gasteiger partial charge in [0.1, 0.15) is 0 Å². The molecule has 0 amide bonds. The first-order valence-corrected chi connectivity index (χ1v) is 7.66. The molecule has 0 aromatic heterocycles. The molecule has 0 bridgehead atoms. The third-order valence-corrected chi connectivity index (χ3v) is 4.20. The summed E-state index contributed by atoms with van der Waals surface area (Å²) in [5.41, 5.74) is 5.54. The van der Waals surface area contributed by atoms with E-state index in [1.807, 2.05) is 0 Å². The molecule has 1 aliphatic carbocycles. The summed E-state index contributed by atoms with van der Waals surface area (Å²) < 4.78 is 1.16. The first kappa shape index (κ1) is 12.7. The molecule has 0 aliphatic heterocycles. The molecule has 19 heavy (non-hydrogen) atoms. The lowest BCUT2D eigenvalue weighted by atomic mass is 9.89. The third-order valence-electron chi connectivity index (χ3n) is 3.74. The fourth-order valence-electron chi connectivity index (χ4n) is 2.91. The molecule has 3 rings (SSSR count). The number of hydrogen-bond donors (Lipinski definition) is 0. The van der Waals surface area contributed by atoms with E-state index in [0.29, 0.717) is 5.92 Å². The highest BCUT2D eigenvalue weighted by molar-refractivity contribution is 9.10. The molecule has 2 aromatic carbocycles. The van der Waals surface area contributed by atoms with Crippen molar-refractivity contribution in [3.05, 3.63) is 64.1 Å². The van der Waals surface area contributed by atoms with Gasteiger partial charge in [-0.15, -0.1) is 0 Å². The van der Waals surface area contributed by atoms with Gasteiger partial charge in [-0.05, 0) is 40.8 Å². The van der Waals surface area contributed by atoms with Gasteiger partial charge in [-0.25, -0.2) is 0 Å². The lowest BCUT2D eigenvalue weighted by molar-refractivity contribution is 0.727. The molecule has 1 atom stereocenters. The standard InChI is InChI=1S/C18H17Br/c1-2-6-14-9-10-15-11-16(19)12-17(18(14)15)13-7-4-3-5-8-13/h3-5,7-12,14H,2,6H2,1H3. The van der Waals surface area contributed by atoms with Crippen molar-refractivity contribution in [3.8, 4) is 11.1 Å². The molecule has 0 saturated heterocycles. The Morgan fingerprint density at radius 1 is 1.11 bits per heavy atom. The molecule has 96 valence electrons. The Morgan fingerprint density at radius 2 is 1.89 bits per heavy atom. The quantitative estimate of drug-likeness (QED) is 0.649. The van der Waals surface area contributed by atoms with Gasteiger partial charge in [0.05, 0.1) is 0 Å². The highest BCUT2D eigenvalue weighted by atomic mass is 79.9. The van der Waals surface area contributed by atoms with Crippen LogP contribution in [0.25, 0.3) is 17.2 Å². The van der Waals surface area contributed by atoms with Crippen LogP contribution in [0.5, 0.6) is 0 Å². The Bertz CT molecular complexity index is 611. The molecule has 1 unspecified atom stereocenters. The van der Waals surface area contributed by atoms with Gasteiger partial charge in [0.2, 0.25) is 0 Å². The maximum atomic E-state index is 3.64. The smallest absolute Gasteiger partial charge is 0.0187 e. The summed E-state index contributed by atoms with van der Waals surface area (Å²) >= 11 is 3.64.